The molecule has 1 heterocycles. The molecule has 1 aliphatic carbocycles. The molecule has 4 heteroatoms. The summed E-state index contributed by atoms with van der Waals surface area (Å²) in [6.07, 6.45) is 1.73. The average molecular weight is 262 g/mol. The van der Waals surface area contributed by atoms with Gasteiger partial charge in [0.1, 0.15) is 0 Å². The smallest absolute Gasteiger partial charge is 0.336 e. The van der Waals surface area contributed by atoms with Crippen molar-refractivity contribution in [2.24, 2.45) is 0 Å². The van der Waals surface area contributed by atoms with E-state index in [1.807, 2.05) is 6.07 Å². The monoisotopic (exact) mass is 261 g/mol. The highest BCUT2D eigenvalue weighted by Gasteiger charge is 2.28. The van der Waals surface area contributed by atoms with Crippen LogP contribution < -0.4 is 0 Å². The minimum atomic E-state index is -0.916. The summed E-state index contributed by atoms with van der Waals surface area (Å²) in [6.45, 7) is 2.08. The summed E-state index contributed by atoms with van der Waals surface area (Å²) in [4.78, 5) is 16.1. The second kappa shape index (κ2) is 3.95. The number of carboxylic acids is 1. The summed E-state index contributed by atoms with van der Waals surface area (Å²) in [5.74, 6) is -0.595. The van der Waals surface area contributed by atoms with Gasteiger partial charge in [-0.1, -0.05) is 24.6 Å². The molecule has 0 radical (unpaired) electrons. The molecule has 0 amide bonds. The van der Waals surface area contributed by atoms with Gasteiger partial charge in [-0.2, -0.15) is 0 Å². The van der Waals surface area contributed by atoms with Crippen LogP contribution >= 0.6 is 11.6 Å². The Balaban J connectivity index is 2.49. The summed E-state index contributed by atoms with van der Waals surface area (Å²) in [5, 5.41) is 10.5. The number of halogens is 1. The fourth-order valence-electron chi connectivity index (χ4n) is 2.72. The molecule has 0 fully saturated rings. The molecule has 1 unspecified atom stereocenters. The molecule has 1 aliphatic rings. The number of pyridine rings is 1. The van der Waals surface area contributed by atoms with Crippen LogP contribution in [0.3, 0.4) is 0 Å². The minimum absolute atomic E-state index is 0.321. The molecule has 1 atom stereocenters. The molecule has 3 nitrogen and oxygen atoms in total. The molecule has 1 aromatic carbocycles. The Labute approximate surface area is 109 Å². The van der Waals surface area contributed by atoms with Gasteiger partial charge >= 0.3 is 5.97 Å². The van der Waals surface area contributed by atoms with E-state index in [0.717, 1.165) is 24.1 Å². The van der Waals surface area contributed by atoms with Gasteiger partial charge in [-0.25, -0.2) is 4.79 Å². The Morgan fingerprint density at radius 3 is 3.00 bits per heavy atom. The molecule has 92 valence electrons. The van der Waals surface area contributed by atoms with E-state index in [0.29, 0.717) is 27.4 Å². The van der Waals surface area contributed by atoms with Crippen molar-refractivity contribution in [2.75, 3.05) is 0 Å². The molecule has 0 bridgehead atoms. The molecule has 1 N–H and O–H groups in total. The molecule has 2 aromatic rings. The standard InChI is InChI=1S/C14H12ClNO2/c1-7-5-6-8-11(14(17)18)12-9(15)3-2-4-10(12)16-13(7)8/h2-4,7H,5-6H2,1H3,(H,17,18). The first-order chi connectivity index (χ1) is 8.59. The van der Waals surface area contributed by atoms with Crippen LogP contribution in [0, 0.1) is 0 Å². The fourth-order valence-corrected chi connectivity index (χ4v) is 2.99. The first kappa shape index (κ1) is 11.5. The molecule has 0 aliphatic heterocycles. The van der Waals surface area contributed by atoms with Crippen molar-refractivity contribution in [3.8, 4) is 0 Å². The topological polar surface area (TPSA) is 50.2 Å². The lowest BCUT2D eigenvalue weighted by atomic mass is 10.0. The van der Waals surface area contributed by atoms with Gasteiger partial charge in [0.25, 0.3) is 0 Å². The number of nitrogens with zero attached hydrogens (tertiary/aromatic N) is 1. The Morgan fingerprint density at radius 2 is 2.28 bits per heavy atom. The highest BCUT2D eigenvalue weighted by atomic mass is 35.5. The first-order valence-electron chi connectivity index (χ1n) is 5.94. The van der Waals surface area contributed by atoms with Crippen LogP contribution in [0.1, 0.15) is 40.9 Å². The van der Waals surface area contributed by atoms with Crippen molar-refractivity contribution in [1.82, 2.24) is 4.98 Å². The van der Waals surface area contributed by atoms with Crippen molar-refractivity contribution < 1.29 is 9.90 Å². The SMILES string of the molecule is CC1CCc2c1nc1cccc(Cl)c1c2C(=O)O. The molecular formula is C14H12ClNO2. The predicted molar refractivity (Wildman–Crippen MR) is 70.4 cm³/mol. The summed E-state index contributed by atoms with van der Waals surface area (Å²) in [5.41, 5.74) is 2.79. The summed E-state index contributed by atoms with van der Waals surface area (Å²) >= 11 is 6.14. The second-order valence-electron chi connectivity index (χ2n) is 4.73. The zero-order chi connectivity index (χ0) is 12.9. The van der Waals surface area contributed by atoms with Crippen molar-refractivity contribution in [3.05, 3.63) is 40.0 Å². The van der Waals surface area contributed by atoms with E-state index in [-0.39, 0.29) is 0 Å². The van der Waals surface area contributed by atoms with E-state index >= 15 is 0 Å². The van der Waals surface area contributed by atoms with E-state index < -0.39 is 5.97 Å². The number of carbonyl (C=O) groups is 1. The van der Waals surface area contributed by atoms with Crippen LogP contribution in [-0.2, 0) is 6.42 Å². The van der Waals surface area contributed by atoms with Crippen molar-refractivity contribution >= 4 is 28.5 Å². The Morgan fingerprint density at radius 1 is 1.50 bits per heavy atom. The van der Waals surface area contributed by atoms with Crippen LogP contribution in [0.5, 0.6) is 0 Å². The van der Waals surface area contributed by atoms with Gasteiger partial charge in [-0.15, -0.1) is 0 Å². The third-order valence-corrected chi connectivity index (χ3v) is 3.92. The lowest BCUT2D eigenvalue weighted by molar-refractivity contribution is 0.0698. The quantitative estimate of drug-likeness (QED) is 0.853. The number of hydrogen-bond acceptors (Lipinski definition) is 2. The Kier molecular flexibility index (Phi) is 2.52. The molecule has 3 rings (SSSR count). The molecule has 18 heavy (non-hydrogen) atoms. The van der Waals surface area contributed by atoms with Crippen LogP contribution in [0.25, 0.3) is 10.9 Å². The molecule has 0 saturated heterocycles. The van der Waals surface area contributed by atoms with Crippen molar-refractivity contribution in [2.45, 2.75) is 25.7 Å². The molecule has 1 aromatic heterocycles. The van der Waals surface area contributed by atoms with Gasteiger partial charge in [0.05, 0.1) is 16.1 Å². The highest BCUT2D eigenvalue weighted by molar-refractivity contribution is 6.36. The Hall–Kier alpha value is -1.61. The van der Waals surface area contributed by atoms with Gasteiger partial charge in [0, 0.05) is 11.1 Å². The number of hydrogen-bond donors (Lipinski definition) is 1. The van der Waals surface area contributed by atoms with E-state index in [1.165, 1.54) is 0 Å². The van der Waals surface area contributed by atoms with Crippen LogP contribution in [0.2, 0.25) is 5.02 Å². The van der Waals surface area contributed by atoms with E-state index in [1.54, 1.807) is 12.1 Å². The minimum Gasteiger partial charge on any atom is -0.478 e. The average Bonchev–Trinajstić information content (AvgIpc) is 2.69. The maximum absolute atomic E-state index is 11.5. The predicted octanol–water partition coefficient (Wildman–Crippen LogP) is 3.64. The number of carboxylic acid groups (broad SMARTS) is 1. The largest absolute Gasteiger partial charge is 0.478 e. The van der Waals surface area contributed by atoms with Gasteiger partial charge in [0.15, 0.2) is 0 Å². The van der Waals surface area contributed by atoms with Gasteiger partial charge in [-0.05, 0) is 36.5 Å². The van der Waals surface area contributed by atoms with Crippen LogP contribution in [-0.4, -0.2) is 16.1 Å². The van der Waals surface area contributed by atoms with Gasteiger partial charge < -0.3 is 5.11 Å². The normalized spacial score (nSPS) is 18.0. The summed E-state index contributed by atoms with van der Waals surface area (Å²) in [7, 11) is 0. The number of rotatable bonds is 1. The van der Waals surface area contributed by atoms with Crippen molar-refractivity contribution in [3.63, 3.8) is 0 Å². The van der Waals surface area contributed by atoms with E-state index in [4.69, 9.17) is 11.6 Å². The zero-order valence-corrected chi connectivity index (χ0v) is 10.7. The zero-order valence-electron chi connectivity index (χ0n) is 9.90. The lowest BCUT2D eigenvalue weighted by Gasteiger charge is -2.11. The maximum Gasteiger partial charge on any atom is 0.336 e. The molecule has 0 saturated carbocycles. The summed E-state index contributed by atoms with van der Waals surface area (Å²) < 4.78 is 0. The number of benzene rings is 1. The third-order valence-electron chi connectivity index (χ3n) is 3.60. The van der Waals surface area contributed by atoms with Gasteiger partial charge in [0.2, 0.25) is 0 Å². The molecule has 0 spiro atoms. The number of aromatic nitrogens is 1. The van der Waals surface area contributed by atoms with Crippen LogP contribution in [0.15, 0.2) is 18.2 Å². The molecular weight excluding hydrogens is 250 g/mol. The number of aromatic carboxylic acids is 1. The maximum atomic E-state index is 11.5. The highest BCUT2D eigenvalue weighted by Crippen LogP contribution is 2.38. The number of fused-ring (bicyclic) bond motifs is 2. The first-order valence-corrected chi connectivity index (χ1v) is 6.31. The van der Waals surface area contributed by atoms with E-state index in [9.17, 15) is 9.90 Å². The van der Waals surface area contributed by atoms with Gasteiger partial charge in [-0.3, -0.25) is 4.98 Å². The van der Waals surface area contributed by atoms with E-state index in [2.05, 4.69) is 11.9 Å². The third kappa shape index (κ3) is 1.51. The lowest BCUT2D eigenvalue weighted by Crippen LogP contribution is -2.06. The Bertz CT molecular complexity index is 666. The second-order valence-corrected chi connectivity index (χ2v) is 5.14. The summed E-state index contributed by atoms with van der Waals surface area (Å²) in [6, 6.07) is 5.33. The van der Waals surface area contributed by atoms with Crippen LogP contribution in [0.4, 0.5) is 0 Å². The van der Waals surface area contributed by atoms with Crippen molar-refractivity contribution in [1.29, 1.82) is 0 Å². The fraction of sp³-hybridized carbons (Fsp3) is 0.286.